The highest BCUT2D eigenvalue weighted by Crippen LogP contribution is 2.65. The highest BCUT2D eigenvalue weighted by Gasteiger charge is 2.53. The quantitative estimate of drug-likeness (QED) is 0.161. The van der Waals surface area contributed by atoms with Gasteiger partial charge in [0.2, 0.25) is 0 Å². The summed E-state index contributed by atoms with van der Waals surface area (Å²) in [4.78, 5) is 2.70. The van der Waals surface area contributed by atoms with Crippen LogP contribution in [0.5, 0.6) is 0 Å². The Balaban J connectivity index is 0.973. The van der Waals surface area contributed by atoms with Crippen LogP contribution < -0.4 is 4.90 Å². The van der Waals surface area contributed by atoms with Gasteiger partial charge in [-0.3, -0.25) is 0 Å². The number of hydrogen-bond donors (Lipinski definition) is 0. The molecular weight excluding hydrogens is 863 g/mol. The van der Waals surface area contributed by atoms with E-state index in [9.17, 15) is 0 Å². The lowest BCUT2D eigenvalue weighted by molar-refractivity contribution is 0.762. The first-order chi connectivity index (χ1) is 34.7. The molecule has 330 valence electrons. The minimum absolute atomic E-state index is 0.0328. The first-order valence-electron chi connectivity index (χ1n) is 24.9. The van der Waals surface area contributed by atoms with Crippen LogP contribution >= 0.6 is 11.3 Å². The van der Waals surface area contributed by atoms with Gasteiger partial charge in [0, 0.05) is 37.1 Å². The Morgan fingerprint density at radius 1 is 0.471 bits per heavy atom. The first-order valence-corrected chi connectivity index (χ1v) is 25.7. The average molecular weight is 910 g/mol. The number of hydrogen-bond acceptors (Lipinski definition) is 2. The zero-order valence-corrected chi connectivity index (χ0v) is 39.5. The van der Waals surface area contributed by atoms with E-state index in [0.29, 0.717) is 0 Å². The molecule has 0 saturated heterocycles. The van der Waals surface area contributed by atoms with Crippen LogP contribution in [-0.2, 0) is 10.8 Å². The predicted molar refractivity (Wildman–Crippen MR) is 294 cm³/mol. The van der Waals surface area contributed by atoms with E-state index in [0.717, 1.165) is 19.3 Å². The fraction of sp³-hybridized carbons (Fsp3) is 0.0882. The summed E-state index contributed by atoms with van der Waals surface area (Å²) in [6.45, 7) is 0. The number of benzene rings is 9. The summed E-state index contributed by atoms with van der Waals surface area (Å²) in [6, 6.07) is 80.5. The maximum atomic E-state index is 2.70. The van der Waals surface area contributed by atoms with Gasteiger partial charge in [-0.25, -0.2) is 0 Å². The second-order valence-corrected chi connectivity index (χ2v) is 20.7. The van der Waals surface area contributed by atoms with E-state index in [4.69, 9.17) is 0 Å². The SMILES string of the molecule is C1=CC2=C(CC1)c1ccccc1C21c2ccccc2-c2ccc(N(c3cccc4c3-c3ccccc3C4(c3ccccc3)c3ccccc3)C3C=CC(c4cccc5c4sc4ccccc45)=CC3)cc21. The molecule has 0 amide bonds. The zero-order valence-electron chi connectivity index (χ0n) is 38.6. The molecule has 1 aromatic heterocycles. The molecule has 10 aromatic rings. The molecule has 1 nitrogen and oxygen atoms in total. The van der Waals surface area contributed by atoms with Gasteiger partial charge in [-0.05, 0) is 127 Å². The van der Waals surface area contributed by atoms with Gasteiger partial charge < -0.3 is 4.90 Å². The Kier molecular flexibility index (Phi) is 8.68. The Bertz CT molecular complexity index is 3900. The molecule has 0 aliphatic heterocycles. The molecule has 0 saturated carbocycles. The minimum Gasteiger partial charge on any atom is -0.334 e. The highest BCUT2D eigenvalue weighted by molar-refractivity contribution is 7.26. The highest BCUT2D eigenvalue weighted by atomic mass is 32.1. The molecule has 5 aliphatic rings. The van der Waals surface area contributed by atoms with Crippen LogP contribution in [0.25, 0.3) is 53.6 Å². The Morgan fingerprint density at radius 3 is 1.86 bits per heavy atom. The van der Waals surface area contributed by atoms with Gasteiger partial charge in [0.1, 0.15) is 0 Å². The lowest BCUT2D eigenvalue weighted by atomic mass is 9.67. The van der Waals surface area contributed by atoms with Gasteiger partial charge in [-0.1, -0.05) is 218 Å². The summed E-state index contributed by atoms with van der Waals surface area (Å²) < 4.78 is 2.69. The molecule has 0 radical (unpaired) electrons. The molecule has 70 heavy (non-hydrogen) atoms. The van der Waals surface area contributed by atoms with Crippen molar-refractivity contribution in [3.8, 4) is 22.3 Å². The fourth-order valence-corrected chi connectivity index (χ4v) is 14.9. The minimum atomic E-state index is -0.512. The molecule has 2 atom stereocenters. The van der Waals surface area contributed by atoms with E-state index in [-0.39, 0.29) is 6.04 Å². The van der Waals surface area contributed by atoms with Gasteiger partial charge in [-0.2, -0.15) is 0 Å². The molecular formula is C68H47NS. The third-order valence-corrected chi connectivity index (χ3v) is 17.6. The lowest BCUT2D eigenvalue weighted by Crippen LogP contribution is -2.32. The number of allylic oxidation sites excluding steroid dienone is 6. The molecule has 1 heterocycles. The molecule has 2 unspecified atom stereocenters. The average Bonchev–Trinajstić information content (AvgIpc) is 4.15. The van der Waals surface area contributed by atoms with E-state index < -0.39 is 10.8 Å². The van der Waals surface area contributed by atoms with Crippen molar-refractivity contribution in [1.82, 2.24) is 0 Å². The van der Waals surface area contributed by atoms with E-state index in [1.165, 1.54) is 121 Å². The number of fused-ring (bicyclic) bond motifs is 15. The van der Waals surface area contributed by atoms with Crippen molar-refractivity contribution in [3.63, 3.8) is 0 Å². The monoisotopic (exact) mass is 909 g/mol. The van der Waals surface area contributed by atoms with Crippen molar-refractivity contribution < 1.29 is 0 Å². The largest absolute Gasteiger partial charge is 0.334 e. The molecule has 2 heteroatoms. The van der Waals surface area contributed by atoms with Crippen LogP contribution in [-0.4, -0.2) is 6.04 Å². The zero-order chi connectivity index (χ0) is 46.0. The Labute approximate surface area is 413 Å². The second-order valence-electron chi connectivity index (χ2n) is 19.6. The first kappa shape index (κ1) is 39.9. The number of nitrogens with zero attached hydrogens (tertiary/aromatic N) is 1. The summed E-state index contributed by atoms with van der Waals surface area (Å²) in [5.74, 6) is 0. The third-order valence-electron chi connectivity index (χ3n) is 16.4. The van der Waals surface area contributed by atoms with Crippen LogP contribution in [0.1, 0.15) is 69.3 Å². The standard InChI is InChI=1S/C68H47NS/c1-3-19-45(20-4-1)67(46-21-5-2-6-22-46)60-33-15-10-27-56(60)65-61(67)34-18-35-63(65)69(47-39-37-44(38-40-47)49-28-17-29-55-54-26-11-16-36-64(54)70-66(49)55)48-41-42-53-52-25-9-14-32-59(52)68(62(53)43-48)57-30-12-7-23-50(57)51-24-8-13-31-58(51)68/h1-7,9-23,25-39,41-43,47H,8,24,40H2. The van der Waals surface area contributed by atoms with Crippen molar-refractivity contribution in [2.45, 2.75) is 36.1 Å². The number of rotatable bonds is 6. The summed E-state index contributed by atoms with van der Waals surface area (Å²) in [6.07, 6.45) is 15.3. The van der Waals surface area contributed by atoms with Crippen molar-refractivity contribution in [2.75, 3.05) is 4.90 Å². The van der Waals surface area contributed by atoms with E-state index in [2.05, 4.69) is 248 Å². The van der Waals surface area contributed by atoms with Crippen molar-refractivity contribution >= 4 is 54.0 Å². The molecule has 9 aromatic carbocycles. The second kappa shape index (κ2) is 15.2. The fourth-order valence-electron chi connectivity index (χ4n) is 13.7. The van der Waals surface area contributed by atoms with Gasteiger partial charge in [0.05, 0.1) is 16.9 Å². The molecule has 15 rings (SSSR count). The molecule has 0 bridgehead atoms. The van der Waals surface area contributed by atoms with Crippen molar-refractivity contribution in [1.29, 1.82) is 0 Å². The van der Waals surface area contributed by atoms with Crippen LogP contribution in [0.2, 0.25) is 0 Å². The van der Waals surface area contributed by atoms with Crippen LogP contribution in [0.4, 0.5) is 11.4 Å². The van der Waals surface area contributed by atoms with Crippen molar-refractivity contribution in [2.24, 2.45) is 0 Å². The van der Waals surface area contributed by atoms with Crippen molar-refractivity contribution in [3.05, 3.63) is 298 Å². The topological polar surface area (TPSA) is 3.24 Å². The summed E-state index contributed by atoms with van der Waals surface area (Å²) in [5, 5.41) is 2.67. The molecule has 1 spiro atoms. The van der Waals surface area contributed by atoms with Gasteiger partial charge >= 0.3 is 0 Å². The lowest BCUT2D eigenvalue weighted by Gasteiger charge is -2.37. The smallest absolute Gasteiger partial charge is 0.0722 e. The summed E-state index contributed by atoms with van der Waals surface area (Å²) >= 11 is 1.91. The predicted octanol–water partition coefficient (Wildman–Crippen LogP) is 17.4. The van der Waals surface area contributed by atoms with Gasteiger partial charge in [-0.15, -0.1) is 11.3 Å². The number of thiophene rings is 1. The van der Waals surface area contributed by atoms with Gasteiger partial charge in [0.15, 0.2) is 0 Å². The van der Waals surface area contributed by atoms with E-state index >= 15 is 0 Å². The molecule has 0 N–H and O–H groups in total. The molecule has 0 fully saturated rings. The third kappa shape index (κ3) is 5.32. The maximum Gasteiger partial charge on any atom is 0.0722 e. The van der Waals surface area contributed by atoms with Gasteiger partial charge in [0.25, 0.3) is 0 Å². The van der Waals surface area contributed by atoms with E-state index in [1.807, 2.05) is 11.3 Å². The normalized spacial score (nSPS) is 18.6. The maximum absolute atomic E-state index is 2.70. The summed E-state index contributed by atoms with van der Waals surface area (Å²) in [5.41, 5.74) is 23.1. The van der Waals surface area contributed by atoms with E-state index in [1.54, 1.807) is 0 Å². The Morgan fingerprint density at radius 2 is 1.09 bits per heavy atom. The summed E-state index contributed by atoms with van der Waals surface area (Å²) in [7, 11) is 0. The van der Waals surface area contributed by atoms with Crippen LogP contribution in [0.15, 0.2) is 248 Å². The van der Waals surface area contributed by atoms with Crippen LogP contribution in [0, 0.1) is 0 Å². The van der Waals surface area contributed by atoms with Crippen LogP contribution in [0.3, 0.4) is 0 Å². The Hall–Kier alpha value is -8.04. The molecule has 5 aliphatic carbocycles. The number of anilines is 2.